The Kier molecular flexibility index (Phi) is 3.29. The minimum absolute atomic E-state index is 0.171. The molecule has 1 unspecified atom stereocenters. The summed E-state index contributed by atoms with van der Waals surface area (Å²) in [5, 5.41) is 12.6. The van der Waals surface area contributed by atoms with Crippen LogP contribution in [-0.4, -0.2) is 27.8 Å². The average molecular weight is 281 g/mol. The molecule has 110 valence electrons. The minimum Gasteiger partial charge on any atom is -0.479 e. The molecule has 1 aromatic rings. The molecule has 20 heavy (non-hydrogen) atoms. The zero-order valence-corrected chi connectivity index (χ0v) is 12.2. The van der Waals surface area contributed by atoms with E-state index in [9.17, 15) is 14.3 Å². The lowest BCUT2D eigenvalue weighted by atomic mass is 9.78. The summed E-state index contributed by atoms with van der Waals surface area (Å²) in [6.07, 6.45) is 0.247. The second-order valence-corrected chi connectivity index (χ2v) is 6.36. The number of hydrogen-bond acceptors (Lipinski definition) is 3. The van der Waals surface area contributed by atoms with E-state index in [1.54, 1.807) is 26.0 Å². The van der Waals surface area contributed by atoms with Crippen LogP contribution in [0, 0.1) is 5.82 Å². The van der Waals surface area contributed by atoms with Gasteiger partial charge in [0.25, 0.3) is 0 Å². The molecular formula is C15H20FNO3. The van der Waals surface area contributed by atoms with Gasteiger partial charge >= 0.3 is 5.97 Å². The van der Waals surface area contributed by atoms with Crippen molar-refractivity contribution < 1.29 is 19.0 Å². The van der Waals surface area contributed by atoms with Crippen molar-refractivity contribution in [1.29, 1.82) is 0 Å². The average Bonchev–Trinajstić information content (AvgIpc) is 2.47. The quantitative estimate of drug-likeness (QED) is 0.894. The van der Waals surface area contributed by atoms with Crippen LogP contribution in [0.25, 0.3) is 0 Å². The molecule has 1 aliphatic heterocycles. The molecule has 1 fully saturated rings. The van der Waals surface area contributed by atoms with E-state index in [1.807, 2.05) is 13.8 Å². The number of rotatable bonds is 3. The fourth-order valence-corrected chi connectivity index (χ4v) is 3.04. The molecule has 0 radical (unpaired) electrons. The standard InChI is InChI=1S/C15H20FNO3/c1-13(2)9-15(12(18)19,14(3,4)20-13)17-11-8-6-5-7-10(11)16/h5-8,17H,9H2,1-4H3,(H,18,19). The Morgan fingerprint density at radius 1 is 1.30 bits per heavy atom. The van der Waals surface area contributed by atoms with Crippen LogP contribution in [-0.2, 0) is 9.53 Å². The van der Waals surface area contributed by atoms with Gasteiger partial charge in [-0.25, -0.2) is 9.18 Å². The van der Waals surface area contributed by atoms with Gasteiger partial charge in [-0.1, -0.05) is 12.1 Å². The lowest BCUT2D eigenvalue weighted by Crippen LogP contribution is -2.58. The highest BCUT2D eigenvalue weighted by Gasteiger charge is 2.62. The van der Waals surface area contributed by atoms with E-state index in [1.165, 1.54) is 12.1 Å². The fourth-order valence-electron chi connectivity index (χ4n) is 3.04. The first-order chi connectivity index (χ1) is 9.10. The highest BCUT2D eigenvalue weighted by molar-refractivity contribution is 5.85. The van der Waals surface area contributed by atoms with Gasteiger partial charge in [-0.3, -0.25) is 0 Å². The lowest BCUT2D eigenvalue weighted by molar-refractivity contribution is -0.149. The van der Waals surface area contributed by atoms with E-state index in [-0.39, 0.29) is 12.1 Å². The van der Waals surface area contributed by atoms with Crippen LogP contribution in [0.15, 0.2) is 24.3 Å². The highest BCUT2D eigenvalue weighted by atomic mass is 19.1. The smallest absolute Gasteiger partial charge is 0.332 e. The second kappa shape index (κ2) is 4.45. The molecule has 0 saturated carbocycles. The fraction of sp³-hybridized carbons (Fsp3) is 0.533. The predicted molar refractivity (Wildman–Crippen MR) is 74.2 cm³/mol. The Bertz CT molecular complexity index is 542. The van der Waals surface area contributed by atoms with Gasteiger partial charge in [0.1, 0.15) is 5.82 Å². The summed E-state index contributed by atoms with van der Waals surface area (Å²) in [7, 11) is 0. The minimum atomic E-state index is -1.38. The molecule has 2 rings (SSSR count). The van der Waals surface area contributed by atoms with E-state index >= 15 is 0 Å². The molecule has 0 bridgehead atoms. The first kappa shape index (κ1) is 14.8. The molecule has 1 atom stereocenters. The van der Waals surface area contributed by atoms with Crippen LogP contribution in [0.5, 0.6) is 0 Å². The molecule has 1 heterocycles. The zero-order valence-electron chi connectivity index (χ0n) is 12.2. The number of ether oxygens (including phenoxy) is 1. The topological polar surface area (TPSA) is 58.6 Å². The van der Waals surface area contributed by atoms with E-state index in [0.29, 0.717) is 0 Å². The number of carbonyl (C=O) groups is 1. The van der Waals surface area contributed by atoms with Crippen molar-refractivity contribution in [3.05, 3.63) is 30.1 Å². The maximum absolute atomic E-state index is 13.8. The normalized spacial score (nSPS) is 27.2. The number of hydrogen-bond donors (Lipinski definition) is 2. The first-order valence-corrected chi connectivity index (χ1v) is 6.56. The number of para-hydroxylation sites is 1. The maximum Gasteiger partial charge on any atom is 0.332 e. The lowest BCUT2D eigenvalue weighted by Gasteiger charge is -2.37. The number of carboxylic acid groups (broad SMARTS) is 1. The third kappa shape index (κ3) is 2.26. The van der Waals surface area contributed by atoms with Crippen LogP contribution >= 0.6 is 0 Å². The largest absolute Gasteiger partial charge is 0.479 e. The molecule has 1 aromatic carbocycles. The van der Waals surface area contributed by atoms with E-state index < -0.39 is 28.5 Å². The van der Waals surface area contributed by atoms with E-state index in [0.717, 1.165) is 0 Å². The van der Waals surface area contributed by atoms with Gasteiger partial charge in [-0.05, 0) is 39.8 Å². The number of carboxylic acids is 1. The number of anilines is 1. The van der Waals surface area contributed by atoms with E-state index in [4.69, 9.17) is 4.74 Å². The van der Waals surface area contributed by atoms with Crippen LogP contribution in [0.1, 0.15) is 34.1 Å². The molecule has 2 N–H and O–H groups in total. The van der Waals surface area contributed by atoms with Crippen LogP contribution in [0.2, 0.25) is 0 Å². The molecule has 0 spiro atoms. The van der Waals surface area contributed by atoms with Crippen molar-refractivity contribution in [1.82, 2.24) is 0 Å². The maximum atomic E-state index is 13.8. The molecule has 0 amide bonds. The molecule has 1 saturated heterocycles. The summed E-state index contributed by atoms with van der Waals surface area (Å²) in [5.41, 5.74) is -2.77. The van der Waals surface area contributed by atoms with Gasteiger partial charge in [0.2, 0.25) is 0 Å². The van der Waals surface area contributed by atoms with Crippen LogP contribution in [0.4, 0.5) is 10.1 Å². The third-order valence-electron chi connectivity index (χ3n) is 3.84. The van der Waals surface area contributed by atoms with Crippen molar-refractivity contribution >= 4 is 11.7 Å². The summed E-state index contributed by atoms with van der Waals surface area (Å²) in [6, 6.07) is 6.05. The van der Waals surface area contributed by atoms with Crippen LogP contribution < -0.4 is 5.32 Å². The molecule has 0 aliphatic carbocycles. The SMILES string of the molecule is CC1(C)CC(Nc2ccccc2F)(C(=O)O)C(C)(C)O1. The van der Waals surface area contributed by atoms with Crippen LogP contribution in [0.3, 0.4) is 0 Å². The summed E-state index contributed by atoms with van der Waals surface area (Å²) >= 11 is 0. The second-order valence-electron chi connectivity index (χ2n) is 6.36. The third-order valence-corrected chi connectivity index (χ3v) is 3.84. The first-order valence-electron chi connectivity index (χ1n) is 6.56. The Balaban J connectivity index is 2.47. The Morgan fingerprint density at radius 2 is 1.90 bits per heavy atom. The van der Waals surface area contributed by atoms with Crippen molar-refractivity contribution in [2.24, 2.45) is 0 Å². The number of benzene rings is 1. The van der Waals surface area contributed by atoms with Gasteiger partial charge in [0.05, 0.1) is 16.9 Å². The van der Waals surface area contributed by atoms with Crippen molar-refractivity contribution in [2.45, 2.75) is 50.9 Å². The molecule has 5 heteroatoms. The summed E-state index contributed by atoms with van der Waals surface area (Å²) in [6.45, 7) is 7.10. The van der Waals surface area contributed by atoms with Crippen molar-refractivity contribution in [3.8, 4) is 0 Å². The molecule has 4 nitrogen and oxygen atoms in total. The number of halogens is 1. The summed E-state index contributed by atoms with van der Waals surface area (Å²) in [5.74, 6) is -1.52. The van der Waals surface area contributed by atoms with Gasteiger partial charge in [0.15, 0.2) is 5.54 Å². The molecule has 1 aliphatic rings. The zero-order chi connectivity index (χ0) is 15.2. The summed E-state index contributed by atoms with van der Waals surface area (Å²) in [4.78, 5) is 11.9. The Hall–Kier alpha value is -1.62. The van der Waals surface area contributed by atoms with Crippen molar-refractivity contribution in [2.75, 3.05) is 5.32 Å². The van der Waals surface area contributed by atoms with E-state index in [2.05, 4.69) is 5.32 Å². The van der Waals surface area contributed by atoms with Gasteiger partial charge in [-0.2, -0.15) is 0 Å². The molecular weight excluding hydrogens is 261 g/mol. The predicted octanol–water partition coefficient (Wildman–Crippen LogP) is 3.04. The monoisotopic (exact) mass is 281 g/mol. The highest BCUT2D eigenvalue weighted by Crippen LogP contribution is 2.47. The van der Waals surface area contributed by atoms with Gasteiger partial charge in [-0.15, -0.1) is 0 Å². The van der Waals surface area contributed by atoms with Crippen molar-refractivity contribution in [3.63, 3.8) is 0 Å². The molecule has 0 aromatic heterocycles. The Morgan fingerprint density at radius 3 is 2.35 bits per heavy atom. The number of aliphatic carboxylic acids is 1. The van der Waals surface area contributed by atoms with Gasteiger partial charge < -0.3 is 15.2 Å². The Labute approximate surface area is 117 Å². The summed E-state index contributed by atoms with van der Waals surface area (Å²) < 4.78 is 19.7. The number of nitrogens with one attached hydrogen (secondary N) is 1. The van der Waals surface area contributed by atoms with Gasteiger partial charge in [0, 0.05) is 6.42 Å².